The number of ether oxygens (including phenoxy) is 1. The van der Waals surface area contributed by atoms with Crippen LogP contribution in [0.1, 0.15) is 26.3 Å². The van der Waals surface area contributed by atoms with E-state index >= 15 is 0 Å². The van der Waals surface area contributed by atoms with Crippen molar-refractivity contribution in [1.82, 2.24) is 15.5 Å². The zero-order chi connectivity index (χ0) is 20.3. The molecule has 0 aromatic heterocycles. The van der Waals surface area contributed by atoms with Gasteiger partial charge in [-0.05, 0) is 45.5 Å². The highest BCUT2D eigenvalue weighted by molar-refractivity contribution is 6.18. The van der Waals surface area contributed by atoms with E-state index in [1.807, 2.05) is 34.9 Å². The average Bonchev–Trinajstić information content (AvgIpc) is 2.58. The fraction of sp³-hybridized carbons (Fsp3) is 0.650. The van der Waals surface area contributed by atoms with Crippen molar-refractivity contribution >= 4 is 23.4 Å². The lowest BCUT2D eigenvalue weighted by Crippen LogP contribution is -2.38. The first-order valence-electron chi connectivity index (χ1n) is 9.43. The Kier molecular flexibility index (Phi) is 10.5. The van der Waals surface area contributed by atoms with Crippen LogP contribution in [0.3, 0.4) is 0 Å². The van der Waals surface area contributed by atoms with Crippen LogP contribution in [0.5, 0.6) is 0 Å². The van der Waals surface area contributed by atoms with Crippen LogP contribution in [0.15, 0.2) is 24.3 Å². The highest BCUT2D eigenvalue weighted by Gasteiger charge is 2.15. The number of nitrogens with one attached hydrogen (secondary N) is 2. The van der Waals surface area contributed by atoms with Crippen molar-refractivity contribution in [3.8, 4) is 0 Å². The topological polar surface area (TPSA) is 56.8 Å². The Labute approximate surface area is 169 Å². The van der Waals surface area contributed by atoms with Crippen LogP contribution in [0.25, 0.3) is 0 Å². The maximum atomic E-state index is 11.6. The first-order valence-corrected chi connectivity index (χ1v) is 9.97. The molecule has 1 amide bonds. The Hall–Kier alpha value is -1.50. The predicted octanol–water partition coefficient (Wildman–Crippen LogP) is 2.91. The van der Waals surface area contributed by atoms with E-state index in [1.54, 1.807) is 0 Å². The maximum Gasteiger partial charge on any atom is 0.407 e. The van der Waals surface area contributed by atoms with Gasteiger partial charge >= 0.3 is 6.09 Å². The van der Waals surface area contributed by atoms with Crippen molar-refractivity contribution in [1.29, 1.82) is 0 Å². The van der Waals surface area contributed by atoms with Crippen LogP contribution in [0, 0.1) is 0 Å². The molecule has 0 heterocycles. The van der Waals surface area contributed by atoms with Gasteiger partial charge in [-0.25, -0.2) is 4.79 Å². The van der Waals surface area contributed by atoms with E-state index in [0.29, 0.717) is 12.4 Å². The molecule has 7 heteroatoms. The van der Waals surface area contributed by atoms with Crippen LogP contribution in [0.2, 0.25) is 0 Å². The second-order valence-corrected chi connectivity index (χ2v) is 8.06. The largest absolute Gasteiger partial charge is 0.444 e. The minimum absolute atomic E-state index is 0.367. The summed E-state index contributed by atoms with van der Waals surface area (Å²) in [5.74, 6) is 0.626. The molecule has 0 aliphatic heterocycles. The third-order valence-corrected chi connectivity index (χ3v) is 4.13. The number of hydrogen-bond acceptors (Lipinski definition) is 5. The fourth-order valence-electron chi connectivity index (χ4n) is 2.40. The van der Waals surface area contributed by atoms with Crippen LogP contribution in [-0.2, 0) is 11.3 Å². The third kappa shape index (κ3) is 11.1. The van der Waals surface area contributed by atoms with Crippen LogP contribution in [-0.4, -0.2) is 69.3 Å². The maximum absolute atomic E-state index is 11.6. The molecule has 0 fully saturated rings. The first kappa shape index (κ1) is 23.5. The number of amides is 1. The molecule has 6 nitrogen and oxygen atoms in total. The zero-order valence-electron chi connectivity index (χ0n) is 17.3. The fourth-order valence-corrected chi connectivity index (χ4v) is 2.66. The molecule has 0 saturated carbocycles. The lowest BCUT2D eigenvalue weighted by molar-refractivity contribution is 0.0523. The van der Waals surface area contributed by atoms with Crippen molar-refractivity contribution < 1.29 is 9.53 Å². The van der Waals surface area contributed by atoms with E-state index in [-0.39, 0.29) is 6.09 Å². The molecule has 0 aliphatic rings. The molecule has 0 unspecified atom stereocenters. The Bertz CT molecular complexity index is 546. The summed E-state index contributed by atoms with van der Waals surface area (Å²) >= 11 is 5.78. The van der Waals surface area contributed by atoms with Gasteiger partial charge in [-0.15, -0.1) is 11.6 Å². The van der Waals surface area contributed by atoms with Crippen molar-refractivity contribution in [3.05, 3.63) is 29.8 Å². The number of halogens is 1. The Balaban J connectivity index is 2.16. The van der Waals surface area contributed by atoms with Gasteiger partial charge in [0.15, 0.2) is 0 Å². The van der Waals surface area contributed by atoms with Gasteiger partial charge < -0.3 is 25.2 Å². The molecule has 0 aliphatic carbocycles. The number of alkyl carbamates (subject to hydrolysis) is 1. The van der Waals surface area contributed by atoms with Crippen molar-refractivity contribution in [2.45, 2.75) is 32.9 Å². The van der Waals surface area contributed by atoms with E-state index in [0.717, 1.165) is 32.7 Å². The summed E-state index contributed by atoms with van der Waals surface area (Å²) in [6.07, 6.45) is -0.367. The lowest BCUT2D eigenvalue weighted by atomic mass is 10.2. The number of rotatable bonds is 11. The Morgan fingerprint density at radius 1 is 1.07 bits per heavy atom. The second kappa shape index (κ2) is 12.1. The number of hydrogen-bond donors (Lipinski definition) is 2. The van der Waals surface area contributed by atoms with Gasteiger partial charge in [0.1, 0.15) is 5.60 Å². The lowest BCUT2D eigenvalue weighted by Gasteiger charge is -2.21. The molecule has 27 heavy (non-hydrogen) atoms. The summed E-state index contributed by atoms with van der Waals surface area (Å²) in [6, 6.07) is 8.53. The number of nitrogens with zero attached hydrogens (tertiary/aromatic N) is 2. The van der Waals surface area contributed by atoms with Crippen molar-refractivity contribution in [2.75, 3.05) is 57.6 Å². The monoisotopic (exact) mass is 398 g/mol. The van der Waals surface area contributed by atoms with Crippen molar-refractivity contribution in [2.24, 2.45) is 0 Å². The highest BCUT2D eigenvalue weighted by atomic mass is 35.5. The number of carbonyl (C=O) groups is 1. The van der Waals surface area contributed by atoms with E-state index in [4.69, 9.17) is 16.3 Å². The summed E-state index contributed by atoms with van der Waals surface area (Å²) in [5, 5.41) is 6.22. The normalized spacial score (nSPS) is 11.5. The molecule has 0 saturated heterocycles. The van der Waals surface area contributed by atoms with Gasteiger partial charge in [0.25, 0.3) is 0 Å². The SMILES string of the molecule is CN(CCNCc1ccc(N(C)CCCl)cc1)CCNC(=O)OC(C)(C)C. The summed E-state index contributed by atoms with van der Waals surface area (Å²) in [4.78, 5) is 15.9. The predicted molar refractivity (Wildman–Crippen MR) is 114 cm³/mol. The number of likely N-dealkylation sites (N-methyl/N-ethyl adjacent to an activating group) is 1. The summed E-state index contributed by atoms with van der Waals surface area (Å²) in [7, 11) is 4.09. The average molecular weight is 399 g/mol. The molecule has 2 N–H and O–H groups in total. The van der Waals surface area contributed by atoms with E-state index < -0.39 is 5.60 Å². The van der Waals surface area contributed by atoms with E-state index in [2.05, 4.69) is 44.7 Å². The molecule has 0 atom stereocenters. The molecule has 1 aromatic carbocycles. The van der Waals surface area contributed by atoms with Gasteiger partial charge in [-0.3, -0.25) is 0 Å². The minimum atomic E-state index is -0.461. The smallest absolute Gasteiger partial charge is 0.407 e. The quantitative estimate of drug-likeness (QED) is 0.443. The zero-order valence-corrected chi connectivity index (χ0v) is 18.1. The van der Waals surface area contributed by atoms with Crippen molar-refractivity contribution in [3.63, 3.8) is 0 Å². The molecule has 1 rings (SSSR count). The third-order valence-electron chi connectivity index (χ3n) is 3.96. The second-order valence-electron chi connectivity index (χ2n) is 7.69. The molecule has 154 valence electrons. The number of alkyl halides is 1. The van der Waals surface area contributed by atoms with Gasteiger partial charge in [0.05, 0.1) is 0 Å². The molecule has 1 aromatic rings. The minimum Gasteiger partial charge on any atom is -0.444 e. The van der Waals surface area contributed by atoms with Gasteiger partial charge in [-0.1, -0.05) is 12.1 Å². The molecular weight excluding hydrogens is 364 g/mol. The Morgan fingerprint density at radius 3 is 2.30 bits per heavy atom. The summed E-state index contributed by atoms with van der Waals surface area (Å²) in [5.41, 5.74) is 1.97. The molecule has 0 radical (unpaired) electrons. The molecule has 0 bridgehead atoms. The van der Waals surface area contributed by atoms with E-state index in [1.165, 1.54) is 11.3 Å². The first-order chi connectivity index (χ1) is 12.7. The van der Waals surface area contributed by atoms with E-state index in [9.17, 15) is 4.79 Å². The standard InChI is InChI=1S/C20H35ClN4O2/c1-20(2,3)27-19(26)23-12-15-24(4)14-11-22-16-17-6-8-18(9-7-17)25(5)13-10-21/h6-9,22H,10-16H2,1-5H3,(H,23,26). The summed E-state index contributed by atoms with van der Waals surface area (Å²) in [6.45, 7) is 10.4. The Morgan fingerprint density at radius 2 is 1.70 bits per heavy atom. The number of benzene rings is 1. The number of carbonyl (C=O) groups excluding carboxylic acids is 1. The van der Waals surface area contributed by atoms with Crippen LogP contribution < -0.4 is 15.5 Å². The summed E-state index contributed by atoms with van der Waals surface area (Å²) < 4.78 is 5.21. The van der Waals surface area contributed by atoms with Gasteiger partial charge in [0, 0.05) is 57.9 Å². The van der Waals surface area contributed by atoms with Crippen LogP contribution >= 0.6 is 11.6 Å². The molecular formula is C20H35ClN4O2. The van der Waals surface area contributed by atoms with Crippen LogP contribution in [0.4, 0.5) is 10.5 Å². The number of anilines is 1. The highest BCUT2D eigenvalue weighted by Crippen LogP contribution is 2.13. The van der Waals surface area contributed by atoms with Gasteiger partial charge in [-0.2, -0.15) is 0 Å². The molecule has 0 spiro atoms. The van der Waals surface area contributed by atoms with Gasteiger partial charge in [0.2, 0.25) is 0 Å².